The Kier molecular flexibility index (Phi) is 6.20. The first-order chi connectivity index (χ1) is 12.2. The molecule has 1 heterocycles. The van der Waals surface area contributed by atoms with Gasteiger partial charge in [0.05, 0.1) is 6.10 Å². The van der Waals surface area contributed by atoms with Crippen LogP contribution in [0.25, 0.3) is 0 Å². The van der Waals surface area contributed by atoms with E-state index in [1.807, 2.05) is 48.5 Å². The highest BCUT2D eigenvalue weighted by atomic mass is 16.3. The Labute approximate surface area is 149 Å². The van der Waals surface area contributed by atoms with Crippen LogP contribution >= 0.6 is 0 Å². The third-order valence-electron chi connectivity index (χ3n) is 4.61. The minimum atomic E-state index is -0.584. The second kappa shape index (κ2) is 8.79. The van der Waals surface area contributed by atoms with Crippen LogP contribution in [0.1, 0.15) is 34.3 Å². The third kappa shape index (κ3) is 5.41. The number of amides is 1. The van der Waals surface area contributed by atoms with E-state index >= 15 is 0 Å². The Morgan fingerprint density at radius 2 is 1.76 bits per heavy atom. The molecule has 2 N–H and O–H groups in total. The first-order valence-electron chi connectivity index (χ1n) is 9.02. The summed E-state index contributed by atoms with van der Waals surface area (Å²) in [6, 6.07) is 17.6. The van der Waals surface area contributed by atoms with Crippen molar-refractivity contribution in [3.63, 3.8) is 0 Å². The van der Waals surface area contributed by atoms with Gasteiger partial charge in [-0.15, -0.1) is 0 Å². The van der Waals surface area contributed by atoms with E-state index in [9.17, 15) is 9.90 Å². The molecule has 0 saturated carbocycles. The maximum Gasteiger partial charge on any atom is 0.251 e. The van der Waals surface area contributed by atoms with Crippen LogP contribution in [0.3, 0.4) is 0 Å². The first-order valence-corrected chi connectivity index (χ1v) is 9.02. The molecule has 1 aliphatic heterocycles. The summed E-state index contributed by atoms with van der Waals surface area (Å²) in [6.45, 7) is 3.44. The highest BCUT2D eigenvalue weighted by Crippen LogP contribution is 2.14. The fourth-order valence-electron chi connectivity index (χ4n) is 3.28. The summed E-state index contributed by atoms with van der Waals surface area (Å²) in [5.41, 5.74) is 2.89. The number of aliphatic hydroxyl groups is 1. The molecule has 3 rings (SSSR count). The number of aliphatic hydroxyl groups excluding tert-OH is 1. The van der Waals surface area contributed by atoms with E-state index in [-0.39, 0.29) is 12.5 Å². The van der Waals surface area contributed by atoms with Crippen molar-refractivity contribution in [1.82, 2.24) is 10.2 Å². The summed E-state index contributed by atoms with van der Waals surface area (Å²) in [6.07, 6.45) is 2.48. The van der Waals surface area contributed by atoms with Crippen molar-refractivity contribution in [3.8, 4) is 0 Å². The van der Waals surface area contributed by atoms with Gasteiger partial charge in [0.1, 0.15) is 0 Å². The highest BCUT2D eigenvalue weighted by Gasteiger charge is 2.14. The Morgan fingerprint density at radius 1 is 1.04 bits per heavy atom. The average molecular weight is 338 g/mol. The van der Waals surface area contributed by atoms with E-state index in [1.165, 1.54) is 18.4 Å². The molecule has 0 aliphatic carbocycles. The minimum Gasteiger partial charge on any atom is -0.391 e. The van der Waals surface area contributed by atoms with Crippen molar-refractivity contribution in [3.05, 3.63) is 71.3 Å². The Balaban J connectivity index is 1.50. The first kappa shape index (κ1) is 17.6. The van der Waals surface area contributed by atoms with E-state index in [2.05, 4.69) is 16.3 Å². The molecular formula is C21H26N2O2. The van der Waals surface area contributed by atoms with Gasteiger partial charge < -0.3 is 10.4 Å². The van der Waals surface area contributed by atoms with Crippen LogP contribution in [0, 0.1) is 0 Å². The molecular weight excluding hydrogens is 312 g/mol. The number of carbonyl (C=O) groups is 1. The number of rotatable bonds is 7. The van der Waals surface area contributed by atoms with Gasteiger partial charge in [-0.2, -0.15) is 0 Å². The van der Waals surface area contributed by atoms with Crippen LogP contribution in [-0.4, -0.2) is 41.7 Å². The van der Waals surface area contributed by atoms with Gasteiger partial charge in [-0.05, 0) is 49.2 Å². The van der Waals surface area contributed by atoms with Crippen LogP contribution in [0.4, 0.5) is 0 Å². The number of nitrogens with zero attached hydrogens (tertiary/aromatic N) is 1. The summed E-state index contributed by atoms with van der Waals surface area (Å²) in [7, 11) is 0. The van der Waals surface area contributed by atoms with Crippen LogP contribution in [0.15, 0.2) is 54.6 Å². The monoisotopic (exact) mass is 338 g/mol. The predicted molar refractivity (Wildman–Crippen MR) is 99.4 cm³/mol. The summed E-state index contributed by atoms with van der Waals surface area (Å²) in [5.74, 6) is -0.129. The van der Waals surface area contributed by atoms with Crippen LogP contribution < -0.4 is 5.32 Å². The fraction of sp³-hybridized carbons (Fsp3) is 0.381. The topological polar surface area (TPSA) is 52.6 Å². The number of likely N-dealkylation sites (tertiary alicyclic amines) is 1. The summed E-state index contributed by atoms with van der Waals surface area (Å²) < 4.78 is 0. The molecule has 0 radical (unpaired) electrons. The van der Waals surface area contributed by atoms with Crippen molar-refractivity contribution >= 4 is 5.91 Å². The van der Waals surface area contributed by atoms with Crippen molar-refractivity contribution < 1.29 is 9.90 Å². The van der Waals surface area contributed by atoms with Gasteiger partial charge in [-0.25, -0.2) is 0 Å². The lowest BCUT2D eigenvalue weighted by Gasteiger charge is -2.15. The molecule has 0 spiro atoms. The average Bonchev–Trinajstić information content (AvgIpc) is 3.14. The second-order valence-corrected chi connectivity index (χ2v) is 6.74. The zero-order valence-corrected chi connectivity index (χ0v) is 14.5. The second-order valence-electron chi connectivity index (χ2n) is 6.74. The molecule has 2 aromatic carbocycles. The largest absolute Gasteiger partial charge is 0.391 e. The lowest BCUT2D eigenvalue weighted by atomic mass is 10.1. The molecule has 132 valence electrons. The molecule has 1 unspecified atom stereocenters. The highest BCUT2D eigenvalue weighted by molar-refractivity contribution is 5.94. The van der Waals surface area contributed by atoms with Gasteiger partial charge >= 0.3 is 0 Å². The van der Waals surface area contributed by atoms with Gasteiger partial charge in [-0.1, -0.05) is 42.5 Å². The number of hydrogen-bond donors (Lipinski definition) is 2. The molecule has 4 heteroatoms. The van der Waals surface area contributed by atoms with Gasteiger partial charge in [0, 0.05) is 25.1 Å². The Bertz CT molecular complexity index is 681. The molecule has 1 aliphatic rings. The van der Waals surface area contributed by atoms with Crippen molar-refractivity contribution in [2.24, 2.45) is 0 Å². The molecule has 1 saturated heterocycles. The van der Waals surface area contributed by atoms with E-state index in [0.29, 0.717) is 12.0 Å². The maximum absolute atomic E-state index is 12.4. The number of carbonyl (C=O) groups excluding carboxylic acids is 1. The summed E-state index contributed by atoms with van der Waals surface area (Å²) in [5, 5.41) is 13.0. The molecule has 1 fully saturated rings. The maximum atomic E-state index is 12.4. The van der Waals surface area contributed by atoms with Gasteiger partial charge in [0.2, 0.25) is 0 Å². The van der Waals surface area contributed by atoms with Gasteiger partial charge in [0.25, 0.3) is 5.91 Å². The Morgan fingerprint density at radius 3 is 2.52 bits per heavy atom. The summed E-state index contributed by atoms with van der Waals surface area (Å²) in [4.78, 5) is 14.8. The lowest BCUT2D eigenvalue weighted by Crippen LogP contribution is -2.33. The number of hydrogen-bond acceptors (Lipinski definition) is 3. The molecule has 0 aromatic heterocycles. The van der Waals surface area contributed by atoms with Crippen LogP contribution in [-0.2, 0) is 13.0 Å². The van der Waals surface area contributed by atoms with Crippen LogP contribution in [0.5, 0.6) is 0 Å². The summed E-state index contributed by atoms with van der Waals surface area (Å²) >= 11 is 0. The molecule has 2 aromatic rings. The van der Waals surface area contributed by atoms with E-state index in [4.69, 9.17) is 0 Å². The van der Waals surface area contributed by atoms with E-state index in [1.54, 1.807) is 0 Å². The van der Waals surface area contributed by atoms with Gasteiger partial charge in [0.15, 0.2) is 0 Å². The number of nitrogens with one attached hydrogen (secondary N) is 1. The smallest absolute Gasteiger partial charge is 0.251 e. The predicted octanol–water partition coefficient (Wildman–Crippen LogP) is 2.62. The van der Waals surface area contributed by atoms with E-state index < -0.39 is 6.10 Å². The molecule has 4 nitrogen and oxygen atoms in total. The minimum absolute atomic E-state index is 0.129. The normalized spacial score (nSPS) is 15.9. The van der Waals surface area contributed by atoms with Crippen molar-refractivity contribution in [1.29, 1.82) is 0 Å². The standard InChI is InChI=1S/C21H26N2O2/c24-20(14-17-7-2-1-3-8-17)15-22-21(25)19-10-6-9-18(13-19)16-23-11-4-5-12-23/h1-3,6-10,13,20,24H,4-5,11-12,14-16H2,(H,22,25). The number of benzene rings is 2. The molecule has 1 amide bonds. The fourth-order valence-corrected chi connectivity index (χ4v) is 3.28. The quantitative estimate of drug-likeness (QED) is 0.816. The van der Waals surface area contributed by atoms with Crippen LogP contribution in [0.2, 0.25) is 0 Å². The zero-order chi connectivity index (χ0) is 17.5. The van der Waals surface area contributed by atoms with Crippen molar-refractivity contribution in [2.45, 2.75) is 31.9 Å². The molecule has 25 heavy (non-hydrogen) atoms. The van der Waals surface area contributed by atoms with E-state index in [0.717, 1.165) is 25.2 Å². The Hall–Kier alpha value is -2.17. The molecule has 0 bridgehead atoms. The molecule has 1 atom stereocenters. The zero-order valence-electron chi connectivity index (χ0n) is 14.5. The lowest BCUT2D eigenvalue weighted by molar-refractivity contribution is 0.0916. The van der Waals surface area contributed by atoms with Gasteiger partial charge in [-0.3, -0.25) is 9.69 Å². The SMILES string of the molecule is O=C(NCC(O)Cc1ccccc1)c1cccc(CN2CCCC2)c1. The van der Waals surface area contributed by atoms with Crippen molar-refractivity contribution in [2.75, 3.05) is 19.6 Å². The third-order valence-corrected chi connectivity index (χ3v) is 4.61.